The summed E-state index contributed by atoms with van der Waals surface area (Å²) >= 11 is 1.38. The molecule has 1 heterocycles. The minimum atomic E-state index is 0.575. The number of aromatic nitrogens is 2. The second-order valence-corrected chi connectivity index (χ2v) is 4.28. The predicted molar refractivity (Wildman–Crippen MR) is 66.3 cm³/mol. The highest BCUT2D eigenvalue weighted by atomic mass is 32.1. The van der Waals surface area contributed by atoms with E-state index in [1.807, 2.05) is 19.1 Å². The van der Waals surface area contributed by atoms with Crippen LogP contribution in [-0.4, -0.2) is 9.36 Å². The zero-order valence-electron chi connectivity index (χ0n) is 9.10. The van der Waals surface area contributed by atoms with Gasteiger partial charge in [-0.25, -0.2) is 4.98 Å². The molecule has 4 nitrogen and oxygen atoms in total. The van der Waals surface area contributed by atoms with E-state index in [1.54, 1.807) is 0 Å². The van der Waals surface area contributed by atoms with Gasteiger partial charge in [-0.1, -0.05) is 24.3 Å². The molecule has 0 saturated carbocycles. The van der Waals surface area contributed by atoms with Gasteiger partial charge in [-0.3, -0.25) is 0 Å². The number of benzene rings is 1. The largest absolute Gasteiger partial charge is 0.356 e. The topological polar surface area (TPSA) is 63.8 Å². The summed E-state index contributed by atoms with van der Waals surface area (Å²) < 4.78 is 4.11. The Morgan fingerprint density at radius 1 is 1.38 bits per heavy atom. The maximum Gasteiger partial charge on any atom is 0.202 e. The van der Waals surface area contributed by atoms with Gasteiger partial charge in [-0.05, 0) is 18.1 Å². The van der Waals surface area contributed by atoms with E-state index in [9.17, 15) is 0 Å². The minimum absolute atomic E-state index is 0.575. The van der Waals surface area contributed by atoms with E-state index in [1.165, 1.54) is 17.1 Å². The molecule has 0 aliphatic rings. The molecule has 2 rings (SSSR count). The van der Waals surface area contributed by atoms with Crippen molar-refractivity contribution < 1.29 is 0 Å². The highest BCUT2D eigenvalue weighted by molar-refractivity contribution is 7.09. The van der Waals surface area contributed by atoms with Crippen molar-refractivity contribution in [2.75, 3.05) is 5.32 Å². The Bertz CT molecular complexity index is 467. The van der Waals surface area contributed by atoms with Crippen LogP contribution in [0.4, 0.5) is 5.13 Å². The van der Waals surface area contributed by atoms with Gasteiger partial charge in [0.15, 0.2) is 0 Å². The lowest BCUT2D eigenvalue weighted by Gasteiger charge is -2.04. The number of hydrogen-bond donors (Lipinski definition) is 2. The minimum Gasteiger partial charge on any atom is -0.356 e. The van der Waals surface area contributed by atoms with Crippen LogP contribution in [0.1, 0.15) is 17.0 Å². The highest BCUT2D eigenvalue weighted by Gasteiger charge is 1.99. The Morgan fingerprint density at radius 3 is 2.88 bits per heavy atom. The molecule has 0 atom stereocenters. The van der Waals surface area contributed by atoms with E-state index in [4.69, 9.17) is 5.73 Å². The molecule has 84 valence electrons. The molecule has 0 aliphatic carbocycles. The fourth-order valence-corrected chi connectivity index (χ4v) is 1.98. The summed E-state index contributed by atoms with van der Waals surface area (Å²) in [7, 11) is 0. The van der Waals surface area contributed by atoms with E-state index >= 15 is 0 Å². The molecule has 0 unspecified atom stereocenters. The van der Waals surface area contributed by atoms with Gasteiger partial charge in [0.05, 0.1) is 0 Å². The Balaban J connectivity index is 1.99. The zero-order valence-corrected chi connectivity index (χ0v) is 9.92. The summed E-state index contributed by atoms with van der Waals surface area (Å²) in [6, 6.07) is 8.21. The van der Waals surface area contributed by atoms with Crippen molar-refractivity contribution >= 4 is 16.7 Å². The standard InChI is InChI=1S/C11H14N4S/c1-8-14-11(16-15-8)13-7-10-4-2-3-9(5-10)6-12/h2-5H,6-7,12H2,1H3,(H,13,14,15). The maximum atomic E-state index is 5.59. The SMILES string of the molecule is Cc1nsc(NCc2cccc(CN)c2)n1. The second kappa shape index (κ2) is 5.05. The molecule has 0 saturated heterocycles. The van der Waals surface area contributed by atoms with Gasteiger partial charge in [0.1, 0.15) is 5.82 Å². The molecule has 1 aromatic carbocycles. The van der Waals surface area contributed by atoms with E-state index in [-0.39, 0.29) is 0 Å². The van der Waals surface area contributed by atoms with E-state index in [0.717, 1.165) is 23.1 Å². The van der Waals surface area contributed by atoms with Gasteiger partial charge in [-0.2, -0.15) is 4.37 Å². The van der Waals surface area contributed by atoms with Crippen LogP contribution in [0.25, 0.3) is 0 Å². The lowest BCUT2D eigenvalue weighted by molar-refractivity contribution is 1.05. The first-order chi connectivity index (χ1) is 7.78. The van der Waals surface area contributed by atoms with E-state index in [0.29, 0.717) is 6.54 Å². The van der Waals surface area contributed by atoms with Crippen molar-refractivity contribution in [1.29, 1.82) is 0 Å². The molecule has 0 amide bonds. The summed E-state index contributed by atoms with van der Waals surface area (Å²) in [5.74, 6) is 0.809. The van der Waals surface area contributed by atoms with Crippen molar-refractivity contribution in [2.24, 2.45) is 5.73 Å². The van der Waals surface area contributed by atoms with Crippen molar-refractivity contribution in [3.05, 3.63) is 41.2 Å². The normalized spacial score (nSPS) is 10.4. The smallest absolute Gasteiger partial charge is 0.202 e. The molecule has 0 spiro atoms. The summed E-state index contributed by atoms with van der Waals surface area (Å²) in [4.78, 5) is 4.24. The van der Waals surface area contributed by atoms with Crippen LogP contribution in [0.2, 0.25) is 0 Å². The Kier molecular flexibility index (Phi) is 3.48. The highest BCUT2D eigenvalue weighted by Crippen LogP contribution is 2.12. The van der Waals surface area contributed by atoms with Gasteiger partial charge in [0.2, 0.25) is 5.13 Å². The zero-order chi connectivity index (χ0) is 11.4. The molecular weight excluding hydrogens is 220 g/mol. The van der Waals surface area contributed by atoms with Crippen LogP contribution < -0.4 is 11.1 Å². The number of anilines is 1. The van der Waals surface area contributed by atoms with Crippen molar-refractivity contribution in [1.82, 2.24) is 9.36 Å². The van der Waals surface area contributed by atoms with Crippen LogP contribution in [0.5, 0.6) is 0 Å². The van der Waals surface area contributed by atoms with Gasteiger partial charge in [0.25, 0.3) is 0 Å². The molecule has 2 aromatic rings. The first-order valence-corrected chi connectivity index (χ1v) is 5.87. The molecule has 0 radical (unpaired) electrons. The maximum absolute atomic E-state index is 5.59. The average Bonchev–Trinajstić information content (AvgIpc) is 2.73. The fourth-order valence-electron chi connectivity index (χ4n) is 1.41. The molecule has 0 bridgehead atoms. The molecule has 16 heavy (non-hydrogen) atoms. The third kappa shape index (κ3) is 2.77. The number of hydrogen-bond acceptors (Lipinski definition) is 5. The second-order valence-electron chi connectivity index (χ2n) is 3.52. The molecule has 3 N–H and O–H groups in total. The quantitative estimate of drug-likeness (QED) is 0.848. The van der Waals surface area contributed by atoms with Gasteiger partial charge >= 0.3 is 0 Å². The summed E-state index contributed by atoms with van der Waals surface area (Å²) in [6.45, 7) is 3.21. The summed E-state index contributed by atoms with van der Waals surface area (Å²) in [5.41, 5.74) is 7.94. The first kappa shape index (κ1) is 11.0. The van der Waals surface area contributed by atoms with Crippen LogP contribution >= 0.6 is 11.5 Å². The van der Waals surface area contributed by atoms with Crippen molar-refractivity contribution in [2.45, 2.75) is 20.0 Å². The lowest BCUT2D eigenvalue weighted by Crippen LogP contribution is -2.01. The monoisotopic (exact) mass is 234 g/mol. The number of nitrogens with one attached hydrogen (secondary N) is 1. The van der Waals surface area contributed by atoms with E-state index < -0.39 is 0 Å². The van der Waals surface area contributed by atoms with Crippen LogP contribution in [0.3, 0.4) is 0 Å². The molecular formula is C11H14N4S. The van der Waals surface area contributed by atoms with Gasteiger partial charge in [-0.15, -0.1) is 0 Å². The summed E-state index contributed by atoms with van der Waals surface area (Å²) in [5, 5.41) is 4.09. The first-order valence-electron chi connectivity index (χ1n) is 5.10. The Hall–Kier alpha value is -1.46. The van der Waals surface area contributed by atoms with Gasteiger partial charge < -0.3 is 11.1 Å². The third-order valence-electron chi connectivity index (χ3n) is 2.20. The number of nitrogens with two attached hydrogens (primary N) is 1. The Labute approximate surface area is 98.7 Å². The number of aryl methyl sites for hydroxylation is 1. The van der Waals surface area contributed by atoms with Crippen LogP contribution in [0, 0.1) is 6.92 Å². The number of rotatable bonds is 4. The van der Waals surface area contributed by atoms with Crippen molar-refractivity contribution in [3.8, 4) is 0 Å². The van der Waals surface area contributed by atoms with Gasteiger partial charge in [0, 0.05) is 24.6 Å². The van der Waals surface area contributed by atoms with Crippen LogP contribution in [0.15, 0.2) is 24.3 Å². The fraction of sp³-hybridized carbons (Fsp3) is 0.273. The Morgan fingerprint density at radius 2 is 2.19 bits per heavy atom. The third-order valence-corrected chi connectivity index (χ3v) is 2.96. The molecule has 1 aromatic heterocycles. The lowest BCUT2D eigenvalue weighted by atomic mass is 10.1. The molecule has 0 aliphatic heterocycles. The number of nitrogens with zero attached hydrogens (tertiary/aromatic N) is 2. The van der Waals surface area contributed by atoms with Crippen molar-refractivity contribution in [3.63, 3.8) is 0 Å². The predicted octanol–water partition coefficient (Wildman–Crippen LogP) is 1.92. The average molecular weight is 234 g/mol. The summed E-state index contributed by atoms with van der Waals surface area (Å²) in [6.07, 6.45) is 0. The molecule has 0 fully saturated rings. The van der Waals surface area contributed by atoms with E-state index in [2.05, 4.69) is 26.8 Å². The molecule has 5 heteroatoms. The van der Waals surface area contributed by atoms with Crippen LogP contribution in [-0.2, 0) is 13.1 Å².